The predicted octanol–water partition coefficient (Wildman–Crippen LogP) is 3.69. The second kappa shape index (κ2) is 10.6. The van der Waals surface area contributed by atoms with Crippen LogP contribution >= 0.6 is 23.2 Å². The lowest BCUT2D eigenvalue weighted by Gasteiger charge is -2.40. The Labute approximate surface area is 247 Å². The second-order valence-corrected chi connectivity index (χ2v) is 11.7. The average Bonchev–Trinajstić information content (AvgIpc) is 3.40. The van der Waals surface area contributed by atoms with Gasteiger partial charge in [-0.2, -0.15) is 0 Å². The van der Waals surface area contributed by atoms with Crippen molar-refractivity contribution in [1.29, 1.82) is 0 Å². The van der Waals surface area contributed by atoms with Gasteiger partial charge in [-0.15, -0.1) is 0 Å². The molecule has 0 saturated carbocycles. The molecule has 1 aromatic carbocycles. The quantitative estimate of drug-likeness (QED) is 0.395. The third-order valence-electron chi connectivity index (χ3n) is 7.93. The summed E-state index contributed by atoms with van der Waals surface area (Å²) in [5, 5.41) is 13.5. The molecule has 3 aliphatic heterocycles. The summed E-state index contributed by atoms with van der Waals surface area (Å²) in [5.74, 6) is -0.0387. The van der Waals surface area contributed by atoms with Crippen LogP contribution in [0.25, 0.3) is 11.1 Å². The minimum atomic E-state index is -0.799. The molecule has 2 saturated heterocycles. The van der Waals surface area contributed by atoms with Crippen molar-refractivity contribution in [2.75, 3.05) is 37.4 Å². The zero-order valence-electron chi connectivity index (χ0n) is 22.6. The van der Waals surface area contributed by atoms with Crippen molar-refractivity contribution in [3.05, 3.63) is 51.8 Å². The van der Waals surface area contributed by atoms with Crippen LogP contribution in [0.4, 0.5) is 17.3 Å². The van der Waals surface area contributed by atoms with E-state index in [0.717, 1.165) is 42.9 Å². The van der Waals surface area contributed by atoms with Gasteiger partial charge in [-0.1, -0.05) is 23.2 Å². The van der Waals surface area contributed by atoms with Crippen molar-refractivity contribution >= 4 is 58.7 Å². The monoisotopic (exact) mass is 596 g/mol. The molecular formula is C28H30Cl2N8O3. The third kappa shape index (κ3) is 5.09. The van der Waals surface area contributed by atoms with Gasteiger partial charge in [0.2, 0.25) is 5.91 Å². The number of phenols is 1. The minimum Gasteiger partial charge on any atom is -0.506 e. The van der Waals surface area contributed by atoms with E-state index < -0.39 is 5.91 Å². The number of anilines is 2. The Balaban J connectivity index is 1.28. The number of likely N-dealkylation sites (tertiary alicyclic amines) is 1. The maximum Gasteiger partial charge on any atom is 0.252 e. The Morgan fingerprint density at radius 2 is 1.85 bits per heavy atom. The van der Waals surface area contributed by atoms with Gasteiger partial charge in [0.25, 0.3) is 5.91 Å². The molecule has 2 atom stereocenters. The number of likely N-dealkylation sites (N-methyl/N-ethyl adjacent to an activating group) is 1. The summed E-state index contributed by atoms with van der Waals surface area (Å²) < 4.78 is 1.74. The standard InChI is InChI=1S/C28H30Cl2N8O3/c1-35-9-16-3-4-17(10-35)38(16)24-7-23(22(30)8-32-24)34-25(39)13-37-12-19(20-11-36(2)14-33-28(20)37)15-5-18(27(31)41)26(40)21(29)6-15/h5-8,12,14,16-17,40H,3-4,9-11,13H2,1-2H3,(H2,31,41)(H,32,34,39). The molecule has 214 valence electrons. The molecule has 13 heteroatoms. The van der Waals surface area contributed by atoms with Gasteiger partial charge in [0.15, 0.2) is 0 Å². The summed E-state index contributed by atoms with van der Waals surface area (Å²) >= 11 is 12.7. The fraction of sp³-hybridized carbons (Fsp3) is 0.357. The number of aromatic hydroxyl groups is 1. The molecule has 3 aromatic rings. The number of hydrogen-bond acceptors (Lipinski definition) is 8. The lowest BCUT2D eigenvalue weighted by molar-refractivity contribution is -0.116. The van der Waals surface area contributed by atoms with Crippen LogP contribution in [0.2, 0.25) is 10.0 Å². The van der Waals surface area contributed by atoms with E-state index in [0.29, 0.717) is 40.7 Å². The zero-order valence-corrected chi connectivity index (χ0v) is 24.2. The smallest absolute Gasteiger partial charge is 0.252 e. The number of nitrogens with two attached hydrogens (primary N) is 1. The van der Waals surface area contributed by atoms with E-state index in [1.165, 1.54) is 6.07 Å². The number of rotatable bonds is 6. The van der Waals surface area contributed by atoms with Crippen molar-refractivity contribution in [3.8, 4) is 16.9 Å². The molecule has 2 fully saturated rings. The van der Waals surface area contributed by atoms with Gasteiger partial charge >= 0.3 is 0 Å². The number of nitrogens with one attached hydrogen (secondary N) is 1. The molecular weight excluding hydrogens is 567 g/mol. The summed E-state index contributed by atoms with van der Waals surface area (Å²) in [6.07, 6.45) is 7.30. The van der Waals surface area contributed by atoms with E-state index >= 15 is 0 Å². The first-order chi connectivity index (χ1) is 19.6. The Morgan fingerprint density at radius 3 is 2.56 bits per heavy atom. The highest BCUT2D eigenvalue weighted by Gasteiger charge is 2.39. The van der Waals surface area contributed by atoms with Crippen LogP contribution in [0.1, 0.15) is 28.8 Å². The molecule has 3 aliphatic rings. The Morgan fingerprint density at radius 1 is 1.12 bits per heavy atom. The van der Waals surface area contributed by atoms with Crippen LogP contribution in [-0.4, -0.2) is 81.9 Å². The highest BCUT2D eigenvalue weighted by Crippen LogP contribution is 2.40. The van der Waals surface area contributed by atoms with Crippen LogP contribution in [0, 0.1) is 0 Å². The SMILES string of the molecule is CN1C=Nc2c(c(-c3cc(Cl)c(O)c(C(N)=O)c3)cn2CC(=O)Nc2cc(N3C4CCC3CN(C)C4)ncc2Cl)C1. The first kappa shape index (κ1) is 27.4. The maximum atomic E-state index is 13.3. The van der Waals surface area contributed by atoms with E-state index in [1.807, 2.05) is 18.0 Å². The Kier molecular flexibility index (Phi) is 7.04. The number of piperazine rings is 1. The summed E-state index contributed by atoms with van der Waals surface area (Å²) in [7, 11) is 4.03. The second-order valence-electron chi connectivity index (χ2n) is 10.9. The molecule has 6 rings (SSSR count). The predicted molar refractivity (Wildman–Crippen MR) is 159 cm³/mol. The molecule has 4 N–H and O–H groups in total. The zero-order chi connectivity index (χ0) is 29.0. The molecule has 41 heavy (non-hydrogen) atoms. The molecule has 2 aromatic heterocycles. The van der Waals surface area contributed by atoms with Crippen molar-refractivity contribution in [2.45, 2.75) is 38.0 Å². The number of halogens is 2. The molecule has 0 spiro atoms. The van der Waals surface area contributed by atoms with E-state index in [-0.39, 0.29) is 28.8 Å². The van der Waals surface area contributed by atoms with Gasteiger partial charge < -0.3 is 35.4 Å². The summed E-state index contributed by atoms with van der Waals surface area (Å²) in [6, 6.07) is 5.68. The van der Waals surface area contributed by atoms with Gasteiger partial charge in [0, 0.05) is 62.2 Å². The van der Waals surface area contributed by atoms with Crippen molar-refractivity contribution in [1.82, 2.24) is 19.4 Å². The number of aromatic nitrogens is 2. The summed E-state index contributed by atoms with van der Waals surface area (Å²) in [6.45, 7) is 2.44. The van der Waals surface area contributed by atoms with E-state index in [2.05, 4.69) is 32.1 Å². The first-order valence-corrected chi connectivity index (χ1v) is 14.1. The lowest BCUT2D eigenvalue weighted by Crippen LogP contribution is -2.52. The Hall–Kier alpha value is -3.80. The topological polar surface area (TPSA) is 132 Å². The van der Waals surface area contributed by atoms with E-state index in [1.54, 1.807) is 29.4 Å². The van der Waals surface area contributed by atoms with E-state index in [9.17, 15) is 14.7 Å². The highest BCUT2D eigenvalue weighted by molar-refractivity contribution is 6.33. The summed E-state index contributed by atoms with van der Waals surface area (Å²) in [5.41, 5.74) is 8.01. The minimum absolute atomic E-state index is 0.000119. The van der Waals surface area contributed by atoms with Gasteiger partial charge in [-0.25, -0.2) is 9.98 Å². The molecule has 0 aliphatic carbocycles. The number of primary amides is 1. The maximum absolute atomic E-state index is 13.3. The van der Waals surface area contributed by atoms with Crippen LogP contribution in [-0.2, 0) is 17.9 Å². The highest BCUT2D eigenvalue weighted by atomic mass is 35.5. The van der Waals surface area contributed by atoms with E-state index in [4.69, 9.17) is 28.9 Å². The molecule has 2 bridgehead atoms. The number of aliphatic imine (C=N–C) groups is 1. The van der Waals surface area contributed by atoms with Gasteiger partial charge in [-0.05, 0) is 37.6 Å². The number of hydrogen-bond donors (Lipinski definition) is 3. The Bertz CT molecular complexity index is 1570. The number of benzene rings is 1. The van der Waals surface area contributed by atoms with Crippen LogP contribution < -0.4 is 16.0 Å². The van der Waals surface area contributed by atoms with Gasteiger partial charge in [-0.3, -0.25) is 9.59 Å². The fourth-order valence-electron chi connectivity index (χ4n) is 6.15. The number of carbonyl (C=O) groups excluding carboxylic acids is 2. The van der Waals surface area contributed by atoms with Crippen molar-refractivity contribution in [2.24, 2.45) is 10.7 Å². The van der Waals surface area contributed by atoms with Crippen molar-refractivity contribution < 1.29 is 14.7 Å². The summed E-state index contributed by atoms with van der Waals surface area (Å²) in [4.78, 5) is 41.0. The fourth-order valence-corrected chi connectivity index (χ4v) is 6.52. The number of amides is 2. The molecule has 5 heterocycles. The average molecular weight is 598 g/mol. The van der Waals surface area contributed by atoms with Crippen LogP contribution in [0.15, 0.2) is 35.6 Å². The van der Waals surface area contributed by atoms with Gasteiger partial charge in [0.05, 0.1) is 33.8 Å². The number of nitrogens with zero attached hydrogens (tertiary/aromatic N) is 6. The molecule has 0 radical (unpaired) electrons. The van der Waals surface area contributed by atoms with Crippen molar-refractivity contribution in [3.63, 3.8) is 0 Å². The van der Waals surface area contributed by atoms with Crippen LogP contribution in [0.3, 0.4) is 0 Å². The number of fused-ring (bicyclic) bond motifs is 3. The first-order valence-electron chi connectivity index (χ1n) is 13.3. The third-order valence-corrected chi connectivity index (χ3v) is 8.52. The largest absolute Gasteiger partial charge is 0.506 e. The molecule has 11 nitrogen and oxygen atoms in total. The number of carbonyl (C=O) groups is 2. The lowest BCUT2D eigenvalue weighted by atomic mass is 10.00. The van der Waals surface area contributed by atoms with Crippen LogP contribution in [0.5, 0.6) is 5.75 Å². The molecule has 2 amide bonds. The normalized spacial score (nSPS) is 19.9. The number of pyridine rings is 1. The van der Waals surface area contributed by atoms with Gasteiger partial charge in [0.1, 0.15) is 23.9 Å². The molecule has 2 unspecified atom stereocenters.